The van der Waals surface area contributed by atoms with E-state index >= 15 is 0 Å². The predicted octanol–water partition coefficient (Wildman–Crippen LogP) is 4.27. The van der Waals surface area contributed by atoms with Crippen LogP contribution in [0.5, 0.6) is 0 Å². The topological polar surface area (TPSA) is 17.1 Å². The molecule has 0 N–H and O–H groups in total. The Kier molecular flexibility index (Phi) is 4.12. The second-order valence-electron chi connectivity index (χ2n) is 5.18. The minimum atomic E-state index is -0.0143. The summed E-state index contributed by atoms with van der Waals surface area (Å²) in [6.45, 7) is 8.38. The van der Waals surface area contributed by atoms with Crippen LogP contribution >= 0.6 is 0 Å². The number of hydrogen-bond donors (Lipinski definition) is 0. The van der Waals surface area contributed by atoms with E-state index in [-0.39, 0.29) is 5.41 Å². The van der Waals surface area contributed by atoms with Crippen LogP contribution in [0.2, 0.25) is 0 Å². The zero-order valence-corrected chi connectivity index (χ0v) is 10.7. The summed E-state index contributed by atoms with van der Waals surface area (Å²) in [6, 6.07) is 0. The van der Waals surface area contributed by atoms with Crippen LogP contribution in [-0.4, -0.2) is 5.78 Å². The first-order valence-corrected chi connectivity index (χ1v) is 6.18. The average Bonchev–Trinajstić information content (AvgIpc) is 2.20. The molecule has 0 saturated heterocycles. The highest BCUT2D eigenvalue weighted by molar-refractivity contribution is 5.83. The fraction of sp³-hybridized carbons (Fsp3) is 0.786. The molecule has 0 amide bonds. The van der Waals surface area contributed by atoms with Crippen molar-refractivity contribution in [2.24, 2.45) is 5.41 Å². The molecule has 1 rings (SSSR count). The molecule has 0 radical (unpaired) electrons. The molecule has 1 aliphatic carbocycles. The second kappa shape index (κ2) is 4.96. The van der Waals surface area contributed by atoms with Crippen LogP contribution in [0, 0.1) is 5.41 Å². The van der Waals surface area contributed by atoms with E-state index in [1.165, 1.54) is 24.0 Å². The van der Waals surface area contributed by atoms with E-state index in [2.05, 4.69) is 20.8 Å². The maximum atomic E-state index is 11.9. The Labute approximate surface area is 93.9 Å². The van der Waals surface area contributed by atoms with Crippen molar-refractivity contribution >= 4 is 5.78 Å². The predicted molar refractivity (Wildman–Crippen MR) is 64.9 cm³/mol. The van der Waals surface area contributed by atoms with Gasteiger partial charge in [0.1, 0.15) is 5.78 Å². The lowest BCUT2D eigenvalue weighted by Gasteiger charge is -2.36. The van der Waals surface area contributed by atoms with E-state index in [9.17, 15) is 4.79 Å². The summed E-state index contributed by atoms with van der Waals surface area (Å²) in [6.07, 6.45) is 6.67. The highest BCUT2D eigenvalue weighted by atomic mass is 16.1. The Balaban J connectivity index is 2.81. The van der Waals surface area contributed by atoms with Crippen molar-refractivity contribution in [2.75, 3.05) is 0 Å². The third-order valence-electron chi connectivity index (χ3n) is 4.07. The van der Waals surface area contributed by atoms with Gasteiger partial charge in [0.25, 0.3) is 0 Å². The standard InChI is InChI=1S/C14H24O/c1-5-6-8-14(13(4)15)9-7-11(2)12(3)10-14/h5-10H2,1-4H3. The van der Waals surface area contributed by atoms with E-state index < -0.39 is 0 Å². The number of hydrogen-bond acceptors (Lipinski definition) is 1. The molecule has 0 aromatic rings. The van der Waals surface area contributed by atoms with Crippen LogP contribution in [-0.2, 0) is 4.79 Å². The minimum absolute atomic E-state index is 0.0143. The first-order valence-electron chi connectivity index (χ1n) is 6.18. The summed E-state index contributed by atoms with van der Waals surface area (Å²) in [5, 5.41) is 0. The van der Waals surface area contributed by atoms with Gasteiger partial charge in [-0.15, -0.1) is 0 Å². The molecule has 0 fully saturated rings. The van der Waals surface area contributed by atoms with Crippen molar-refractivity contribution < 1.29 is 4.79 Å². The summed E-state index contributed by atoms with van der Waals surface area (Å²) >= 11 is 0. The average molecular weight is 208 g/mol. The summed E-state index contributed by atoms with van der Waals surface area (Å²) in [7, 11) is 0. The molecule has 0 aliphatic heterocycles. The van der Waals surface area contributed by atoms with E-state index in [0.717, 1.165) is 25.7 Å². The van der Waals surface area contributed by atoms with Gasteiger partial charge in [-0.25, -0.2) is 0 Å². The fourth-order valence-electron chi connectivity index (χ4n) is 2.59. The van der Waals surface area contributed by atoms with Crippen LogP contribution < -0.4 is 0 Å². The first kappa shape index (κ1) is 12.5. The van der Waals surface area contributed by atoms with Crippen LogP contribution in [0.15, 0.2) is 11.1 Å². The van der Waals surface area contributed by atoms with Gasteiger partial charge in [0, 0.05) is 5.41 Å². The normalized spacial score (nSPS) is 26.9. The molecule has 1 aliphatic rings. The molecular formula is C14H24O. The third kappa shape index (κ3) is 2.70. The molecule has 0 heterocycles. The first-order chi connectivity index (χ1) is 7.02. The highest BCUT2D eigenvalue weighted by Gasteiger charge is 2.36. The molecule has 0 saturated carbocycles. The Bertz CT molecular complexity index is 275. The molecule has 0 bridgehead atoms. The zero-order chi connectivity index (χ0) is 11.5. The molecule has 1 atom stereocenters. The maximum absolute atomic E-state index is 11.9. The van der Waals surface area contributed by atoms with Gasteiger partial charge in [-0.2, -0.15) is 0 Å². The lowest BCUT2D eigenvalue weighted by Crippen LogP contribution is -2.32. The smallest absolute Gasteiger partial charge is 0.136 e. The molecule has 0 aromatic heterocycles. The summed E-state index contributed by atoms with van der Waals surface area (Å²) in [5.41, 5.74) is 2.94. The number of Topliss-reactive ketones (excluding diaryl/α,β-unsaturated/α-hetero) is 1. The van der Waals surface area contributed by atoms with Gasteiger partial charge in [0.2, 0.25) is 0 Å². The molecule has 86 valence electrons. The number of carbonyl (C=O) groups is 1. The molecule has 1 nitrogen and oxygen atoms in total. The zero-order valence-electron chi connectivity index (χ0n) is 10.7. The van der Waals surface area contributed by atoms with Crippen molar-refractivity contribution in [1.82, 2.24) is 0 Å². The number of carbonyl (C=O) groups excluding carboxylic acids is 1. The molecule has 15 heavy (non-hydrogen) atoms. The quantitative estimate of drug-likeness (QED) is 0.630. The molecule has 0 aromatic carbocycles. The Morgan fingerprint density at radius 2 is 2.00 bits per heavy atom. The van der Waals surface area contributed by atoms with Gasteiger partial charge in [-0.05, 0) is 46.5 Å². The van der Waals surface area contributed by atoms with Gasteiger partial charge >= 0.3 is 0 Å². The number of ketones is 1. The molecule has 1 unspecified atom stereocenters. The van der Waals surface area contributed by atoms with E-state index in [0.29, 0.717) is 5.78 Å². The lowest BCUT2D eigenvalue weighted by atomic mass is 9.67. The largest absolute Gasteiger partial charge is 0.299 e. The van der Waals surface area contributed by atoms with Crippen molar-refractivity contribution in [3.8, 4) is 0 Å². The maximum Gasteiger partial charge on any atom is 0.136 e. The number of unbranched alkanes of at least 4 members (excludes halogenated alkanes) is 1. The molecule has 1 heteroatoms. The van der Waals surface area contributed by atoms with Gasteiger partial charge in [0.05, 0.1) is 0 Å². The third-order valence-corrected chi connectivity index (χ3v) is 4.07. The van der Waals surface area contributed by atoms with Gasteiger partial charge < -0.3 is 0 Å². The van der Waals surface area contributed by atoms with Gasteiger partial charge in [-0.3, -0.25) is 4.79 Å². The monoisotopic (exact) mass is 208 g/mol. The fourth-order valence-corrected chi connectivity index (χ4v) is 2.59. The van der Waals surface area contributed by atoms with E-state index in [4.69, 9.17) is 0 Å². The van der Waals surface area contributed by atoms with Crippen molar-refractivity contribution in [1.29, 1.82) is 0 Å². The Morgan fingerprint density at radius 3 is 2.47 bits per heavy atom. The Morgan fingerprint density at radius 1 is 1.33 bits per heavy atom. The van der Waals surface area contributed by atoms with Crippen molar-refractivity contribution in [3.05, 3.63) is 11.1 Å². The summed E-state index contributed by atoms with van der Waals surface area (Å²) in [4.78, 5) is 11.9. The van der Waals surface area contributed by atoms with Crippen LogP contribution in [0.25, 0.3) is 0 Å². The summed E-state index contributed by atoms with van der Waals surface area (Å²) in [5.74, 6) is 0.405. The van der Waals surface area contributed by atoms with Gasteiger partial charge in [0.15, 0.2) is 0 Å². The van der Waals surface area contributed by atoms with Crippen LogP contribution in [0.1, 0.15) is 66.2 Å². The molecular weight excluding hydrogens is 184 g/mol. The van der Waals surface area contributed by atoms with Crippen molar-refractivity contribution in [2.45, 2.75) is 66.2 Å². The molecule has 0 spiro atoms. The van der Waals surface area contributed by atoms with Crippen molar-refractivity contribution in [3.63, 3.8) is 0 Å². The van der Waals surface area contributed by atoms with E-state index in [1.54, 1.807) is 6.92 Å². The van der Waals surface area contributed by atoms with E-state index in [1.807, 2.05) is 0 Å². The van der Waals surface area contributed by atoms with Gasteiger partial charge in [-0.1, -0.05) is 30.9 Å². The van der Waals surface area contributed by atoms with Crippen LogP contribution in [0.4, 0.5) is 0 Å². The Hall–Kier alpha value is -0.590. The highest BCUT2D eigenvalue weighted by Crippen LogP contribution is 2.43. The SMILES string of the molecule is CCCCC1(C(C)=O)CCC(C)=C(C)C1. The second-order valence-corrected chi connectivity index (χ2v) is 5.18. The lowest BCUT2D eigenvalue weighted by molar-refractivity contribution is -0.127. The number of allylic oxidation sites excluding steroid dienone is 2. The number of rotatable bonds is 4. The van der Waals surface area contributed by atoms with Crippen LogP contribution in [0.3, 0.4) is 0 Å². The minimum Gasteiger partial charge on any atom is -0.299 e. The summed E-state index contributed by atoms with van der Waals surface area (Å²) < 4.78 is 0.